The number of rotatable bonds is 8. The van der Waals surface area contributed by atoms with E-state index in [1.807, 2.05) is 66.7 Å². The highest BCUT2D eigenvalue weighted by Crippen LogP contribution is 2.31. The number of carbonyl (C=O) groups excluding carboxylic acids is 1. The van der Waals surface area contributed by atoms with Gasteiger partial charge in [-0.05, 0) is 41.8 Å². The summed E-state index contributed by atoms with van der Waals surface area (Å²) in [5, 5.41) is 3.18. The van der Waals surface area contributed by atoms with E-state index < -0.39 is 0 Å². The van der Waals surface area contributed by atoms with Crippen molar-refractivity contribution in [2.24, 2.45) is 0 Å². The van der Waals surface area contributed by atoms with Gasteiger partial charge >= 0.3 is 0 Å². The zero-order valence-electron chi connectivity index (χ0n) is 17.8. The minimum absolute atomic E-state index is 0.0882. The maximum Gasteiger partial charge on any atom is 0.224 e. The second-order valence-electron chi connectivity index (χ2n) is 7.85. The predicted molar refractivity (Wildman–Crippen MR) is 121 cm³/mol. The first-order valence-corrected chi connectivity index (χ1v) is 10.6. The first-order valence-electron chi connectivity index (χ1n) is 10.6. The van der Waals surface area contributed by atoms with Crippen LogP contribution in [0.5, 0.6) is 17.2 Å². The van der Waals surface area contributed by atoms with Crippen LogP contribution >= 0.6 is 0 Å². The van der Waals surface area contributed by atoms with E-state index in [2.05, 4.69) is 22.3 Å². The van der Waals surface area contributed by atoms with Gasteiger partial charge in [0.2, 0.25) is 5.91 Å². The van der Waals surface area contributed by atoms with Gasteiger partial charge in [0, 0.05) is 25.7 Å². The summed E-state index contributed by atoms with van der Waals surface area (Å²) in [6, 6.07) is 25.8. The fourth-order valence-corrected chi connectivity index (χ4v) is 3.95. The number of carbonyl (C=O) groups is 1. The largest absolute Gasteiger partial charge is 0.493 e. The number of para-hydroxylation sites is 2. The maximum absolute atomic E-state index is 12.3. The van der Waals surface area contributed by atoms with Gasteiger partial charge in [-0.1, -0.05) is 54.6 Å². The first-order chi connectivity index (χ1) is 15.2. The minimum Gasteiger partial charge on any atom is -0.493 e. The molecule has 0 aliphatic carbocycles. The fraction of sp³-hybridized carbons (Fsp3) is 0.269. The van der Waals surface area contributed by atoms with Crippen LogP contribution in [0.15, 0.2) is 78.9 Å². The van der Waals surface area contributed by atoms with Crippen LogP contribution in [-0.4, -0.2) is 37.0 Å². The second-order valence-corrected chi connectivity index (χ2v) is 7.85. The SMILES string of the molecule is COc1ccccc1Oc1cccc(CN2CC[C@H](NC(=O)Cc3ccccc3)C2)c1. The van der Waals surface area contributed by atoms with Crippen molar-refractivity contribution in [2.75, 3.05) is 20.2 Å². The molecule has 0 saturated carbocycles. The van der Waals surface area contributed by atoms with Gasteiger partial charge in [0.1, 0.15) is 5.75 Å². The quantitative estimate of drug-likeness (QED) is 0.591. The molecule has 160 valence electrons. The van der Waals surface area contributed by atoms with E-state index in [-0.39, 0.29) is 11.9 Å². The number of benzene rings is 3. The molecular weight excluding hydrogens is 388 g/mol. The molecule has 5 nitrogen and oxygen atoms in total. The van der Waals surface area contributed by atoms with Gasteiger partial charge in [0.05, 0.1) is 13.5 Å². The Morgan fingerprint density at radius 3 is 2.52 bits per heavy atom. The van der Waals surface area contributed by atoms with E-state index in [1.54, 1.807) is 7.11 Å². The van der Waals surface area contributed by atoms with Gasteiger partial charge in [-0.15, -0.1) is 0 Å². The highest BCUT2D eigenvalue weighted by atomic mass is 16.5. The van der Waals surface area contributed by atoms with Crippen molar-refractivity contribution in [3.05, 3.63) is 90.0 Å². The molecule has 1 aliphatic heterocycles. The summed E-state index contributed by atoms with van der Waals surface area (Å²) >= 11 is 0. The van der Waals surface area contributed by atoms with Crippen molar-refractivity contribution in [3.8, 4) is 17.2 Å². The van der Waals surface area contributed by atoms with Crippen LogP contribution in [0.2, 0.25) is 0 Å². The average molecular weight is 417 g/mol. The van der Waals surface area contributed by atoms with E-state index in [1.165, 1.54) is 5.56 Å². The number of ether oxygens (including phenoxy) is 2. The highest BCUT2D eigenvalue weighted by molar-refractivity contribution is 5.78. The highest BCUT2D eigenvalue weighted by Gasteiger charge is 2.24. The topological polar surface area (TPSA) is 50.8 Å². The molecule has 0 aromatic heterocycles. The number of nitrogens with one attached hydrogen (secondary N) is 1. The molecule has 1 atom stereocenters. The molecule has 31 heavy (non-hydrogen) atoms. The van der Waals surface area contributed by atoms with Crippen LogP contribution < -0.4 is 14.8 Å². The molecule has 0 radical (unpaired) electrons. The Labute approximate surface area is 183 Å². The molecule has 3 aromatic carbocycles. The third-order valence-corrected chi connectivity index (χ3v) is 5.45. The summed E-state index contributed by atoms with van der Waals surface area (Å²) in [4.78, 5) is 14.7. The molecule has 1 N–H and O–H groups in total. The molecule has 3 aromatic rings. The summed E-state index contributed by atoms with van der Waals surface area (Å²) < 4.78 is 11.4. The van der Waals surface area contributed by atoms with Crippen molar-refractivity contribution in [1.82, 2.24) is 10.2 Å². The van der Waals surface area contributed by atoms with E-state index in [0.717, 1.165) is 37.4 Å². The maximum atomic E-state index is 12.3. The number of nitrogens with zero attached hydrogens (tertiary/aromatic N) is 1. The van der Waals surface area contributed by atoms with Crippen LogP contribution in [0.3, 0.4) is 0 Å². The Morgan fingerprint density at radius 1 is 0.968 bits per heavy atom. The zero-order valence-corrected chi connectivity index (χ0v) is 17.8. The van der Waals surface area contributed by atoms with Crippen LogP contribution in [0.25, 0.3) is 0 Å². The van der Waals surface area contributed by atoms with Gasteiger partial charge in [-0.3, -0.25) is 9.69 Å². The lowest BCUT2D eigenvalue weighted by atomic mass is 10.1. The van der Waals surface area contributed by atoms with Crippen molar-refractivity contribution in [1.29, 1.82) is 0 Å². The molecule has 1 heterocycles. The fourth-order valence-electron chi connectivity index (χ4n) is 3.95. The van der Waals surface area contributed by atoms with Gasteiger partial charge in [-0.2, -0.15) is 0 Å². The molecule has 1 fully saturated rings. The standard InChI is InChI=1S/C26H28N2O3/c1-30-24-12-5-6-13-25(24)31-23-11-7-10-21(16-23)18-28-15-14-22(19-28)27-26(29)17-20-8-3-2-4-9-20/h2-13,16,22H,14-15,17-19H2,1H3,(H,27,29)/t22-/m0/s1. The third kappa shape index (κ3) is 5.86. The van der Waals surface area contributed by atoms with E-state index in [0.29, 0.717) is 17.9 Å². The van der Waals surface area contributed by atoms with E-state index >= 15 is 0 Å². The third-order valence-electron chi connectivity index (χ3n) is 5.45. The molecule has 1 amide bonds. The summed E-state index contributed by atoms with van der Waals surface area (Å²) in [5.41, 5.74) is 2.23. The Balaban J connectivity index is 1.30. The molecule has 0 unspecified atom stereocenters. The first kappa shape index (κ1) is 20.9. The number of methoxy groups -OCH3 is 1. The van der Waals surface area contributed by atoms with Crippen LogP contribution in [0.1, 0.15) is 17.5 Å². The molecule has 1 aliphatic rings. The smallest absolute Gasteiger partial charge is 0.224 e. The molecule has 5 heteroatoms. The normalized spacial score (nSPS) is 16.1. The molecule has 4 rings (SSSR count). The molecular formula is C26H28N2O3. The van der Waals surface area contributed by atoms with Crippen molar-refractivity contribution < 1.29 is 14.3 Å². The van der Waals surface area contributed by atoms with Gasteiger partial charge in [-0.25, -0.2) is 0 Å². The average Bonchev–Trinajstić information content (AvgIpc) is 3.21. The molecule has 0 bridgehead atoms. The molecule has 0 spiro atoms. The van der Waals surface area contributed by atoms with Crippen LogP contribution in [-0.2, 0) is 17.8 Å². The van der Waals surface area contributed by atoms with Crippen LogP contribution in [0.4, 0.5) is 0 Å². The molecule has 1 saturated heterocycles. The summed E-state index contributed by atoms with van der Waals surface area (Å²) in [5.74, 6) is 2.28. The Hall–Kier alpha value is -3.31. The summed E-state index contributed by atoms with van der Waals surface area (Å²) in [6.45, 7) is 2.65. The van der Waals surface area contributed by atoms with Crippen LogP contribution in [0, 0.1) is 0 Å². The van der Waals surface area contributed by atoms with E-state index in [9.17, 15) is 4.79 Å². The Bertz CT molecular complexity index is 1010. The van der Waals surface area contributed by atoms with Crippen molar-refractivity contribution >= 4 is 5.91 Å². The lowest BCUT2D eigenvalue weighted by Crippen LogP contribution is -2.37. The Morgan fingerprint density at radius 2 is 1.71 bits per heavy atom. The number of amides is 1. The zero-order chi connectivity index (χ0) is 21.5. The Kier molecular flexibility index (Phi) is 6.85. The monoisotopic (exact) mass is 416 g/mol. The predicted octanol–water partition coefficient (Wildman–Crippen LogP) is 4.42. The summed E-state index contributed by atoms with van der Waals surface area (Å²) in [7, 11) is 1.64. The second kappa shape index (κ2) is 10.1. The number of hydrogen-bond donors (Lipinski definition) is 1. The number of hydrogen-bond acceptors (Lipinski definition) is 4. The van der Waals surface area contributed by atoms with Crippen molar-refractivity contribution in [2.45, 2.75) is 25.4 Å². The minimum atomic E-state index is 0.0882. The van der Waals surface area contributed by atoms with Gasteiger partial charge < -0.3 is 14.8 Å². The van der Waals surface area contributed by atoms with Crippen molar-refractivity contribution in [3.63, 3.8) is 0 Å². The lowest BCUT2D eigenvalue weighted by molar-refractivity contribution is -0.121. The van der Waals surface area contributed by atoms with E-state index in [4.69, 9.17) is 9.47 Å². The summed E-state index contributed by atoms with van der Waals surface area (Å²) in [6.07, 6.45) is 1.40. The van der Waals surface area contributed by atoms with Gasteiger partial charge in [0.25, 0.3) is 0 Å². The number of likely N-dealkylation sites (tertiary alicyclic amines) is 1. The lowest BCUT2D eigenvalue weighted by Gasteiger charge is -2.17. The van der Waals surface area contributed by atoms with Gasteiger partial charge in [0.15, 0.2) is 11.5 Å².